The van der Waals surface area contributed by atoms with Crippen molar-refractivity contribution in [1.82, 2.24) is 0 Å². The van der Waals surface area contributed by atoms with Crippen LogP contribution in [0.2, 0.25) is 0 Å². The Morgan fingerprint density at radius 3 is 2.22 bits per heavy atom. The van der Waals surface area contributed by atoms with Gasteiger partial charge in [-0.25, -0.2) is 13.2 Å². The minimum Gasteiger partial charge on any atom is -0.316 e. The molecule has 0 atom stereocenters. The second kappa shape index (κ2) is 10.4. The van der Waals surface area contributed by atoms with Crippen molar-refractivity contribution in [3.8, 4) is 6.07 Å². The molecule has 32 heavy (non-hydrogen) atoms. The van der Waals surface area contributed by atoms with Crippen LogP contribution in [-0.4, -0.2) is 6.61 Å². The molecule has 172 valence electrons. The van der Waals surface area contributed by atoms with Crippen molar-refractivity contribution in [2.75, 3.05) is 6.61 Å². The maximum Gasteiger partial charge on any atom is 0.389 e. The van der Waals surface area contributed by atoms with Crippen LogP contribution in [0.3, 0.4) is 0 Å². The second-order valence-electron chi connectivity index (χ2n) is 8.41. The lowest BCUT2D eigenvalue weighted by Gasteiger charge is -2.29. The van der Waals surface area contributed by atoms with Crippen LogP contribution >= 0.6 is 0 Å². The normalized spacial score (nSPS) is 19.0. The molecule has 0 N–H and O–H groups in total. The van der Waals surface area contributed by atoms with Crippen molar-refractivity contribution in [2.45, 2.75) is 63.9 Å². The number of alkyl halides is 2. The second-order valence-corrected chi connectivity index (χ2v) is 8.41. The minimum atomic E-state index is -4.17. The van der Waals surface area contributed by atoms with Gasteiger partial charge in [-0.2, -0.15) is 14.0 Å². The first-order chi connectivity index (χ1) is 15.2. The fraction of sp³-hybridized carbons (Fsp3) is 0.480. The average Bonchev–Trinajstić information content (AvgIpc) is 2.74. The number of rotatable bonds is 8. The molecule has 0 spiro atoms. The first-order valence-corrected chi connectivity index (χ1v) is 10.9. The van der Waals surface area contributed by atoms with Gasteiger partial charge in [0.25, 0.3) is 0 Å². The van der Waals surface area contributed by atoms with Crippen LogP contribution in [0.1, 0.15) is 73.6 Å². The summed E-state index contributed by atoms with van der Waals surface area (Å²) >= 11 is 0. The third-order valence-corrected chi connectivity index (χ3v) is 6.20. The van der Waals surface area contributed by atoms with E-state index in [1.165, 1.54) is 12.1 Å². The first-order valence-electron chi connectivity index (χ1n) is 10.9. The van der Waals surface area contributed by atoms with E-state index >= 15 is 0 Å². The molecule has 0 unspecified atom stereocenters. The SMILES string of the molecule is CCCC1CCC(c2cc(F)c(C(F)(F)OCCc3ccc(C#N)c(F)c3)c(F)c2)CC1. The number of hydrogen-bond donors (Lipinski definition) is 0. The van der Waals surface area contributed by atoms with E-state index in [0.29, 0.717) is 17.0 Å². The number of hydrogen-bond acceptors (Lipinski definition) is 2. The zero-order valence-electron chi connectivity index (χ0n) is 17.9. The minimum absolute atomic E-state index is 0.0398. The summed E-state index contributed by atoms with van der Waals surface area (Å²) < 4.78 is 76.2. The summed E-state index contributed by atoms with van der Waals surface area (Å²) in [5, 5.41) is 8.72. The lowest BCUT2D eigenvalue weighted by atomic mass is 9.77. The highest BCUT2D eigenvalue weighted by Crippen LogP contribution is 2.40. The van der Waals surface area contributed by atoms with Crippen LogP contribution in [0.25, 0.3) is 0 Å². The molecule has 0 saturated heterocycles. The Morgan fingerprint density at radius 2 is 1.66 bits per heavy atom. The molecule has 0 aromatic heterocycles. The van der Waals surface area contributed by atoms with Gasteiger partial charge in [0.15, 0.2) is 0 Å². The van der Waals surface area contributed by atoms with Gasteiger partial charge in [0.1, 0.15) is 29.1 Å². The van der Waals surface area contributed by atoms with E-state index < -0.39 is 35.7 Å². The Bertz CT molecular complexity index is 954. The fourth-order valence-electron chi connectivity index (χ4n) is 4.47. The fourth-order valence-corrected chi connectivity index (χ4v) is 4.47. The Morgan fingerprint density at radius 1 is 1.00 bits per heavy atom. The smallest absolute Gasteiger partial charge is 0.316 e. The van der Waals surface area contributed by atoms with E-state index in [0.717, 1.165) is 56.7 Å². The molecule has 0 heterocycles. The molecular formula is C25H26F5NO. The number of halogens is 5. The van der Waals surface area contributed by atoms with E-state index in [4.69, 9.17) is 5.26 Å². The first kappa shape index (κ1) is 24.2. The number of benzene rings is 2. The lowest BCUT2D eigenvalue weighted by molar-refractivity contribution is -0.251. The van der Waals surface area contributed by atoms with Crippen LogP contribution in [0.15, 0.2) is 30.3 Å². The van der Waals surface area contributed by atoms with Gasteiger partial charge >= 0.3 is 6.11 Å². The van der Waals surface area contributed by atoms with Crippen LogP contribution in [0.5, 0.6) is 0 Å². The zero-order valence-corrected chi connectivity index (χ0v) is 17.9. The summed E-state index contributed by atoms with van der Waals surface area (Å²) in [5.41, 5.74) is -0.843. The van der Waals surface area contributed by atoms with Gasteiger partial charge in [-0.1, -0.05) is 25.8 Å². The summed E-state index contributed by atoms with van der Waals surface area (Å²) in [5.74, 6) is -2.85. The van der Waals surface area contributed by atoms with E-state index in [1.54, 1.807) is 6.07 Å². The van der Waals surface area contributed by atoms with Gasteiger partial charge in [-0.05, 0) is 79.3 Å². The molecular weight excluding hydrogens is 425 g/mol. The van der Waals surface area contributed by atoms with E-state index in [9.17, 15) is 22.0 Å². The van der Waals surface area contributed by atoms with Crippen molar-refractivity contribution in [3.05, 3.63) is 70.0 Å². The van der Waals surface area contributed by atoms with Crippen molar-refractivity contribution >= 4 is 0 Å². The Balaban J connectivity index is 1.66. The molecule has 0 radical (unpaired) electrons. The van der Waals surface area contributed by atoms with E-state index in [1.807, 2.05) is 0 Å². The summed E-state index contributed by atoms with van der Waals surface area (Å²) in [6.07, 6.45) is 1.47. The van der Waals surface area contributed by atoms with Crippen molar-refractivity contribution in [3.63, 3.8) is 0 Å². The predicted molar refractivity (Wildman–Crippen MR) is 111 cm³/mol. The van der Waals surface area contributed by atoms with E-state index in [-0.39, 0.29) is 17.9 Å². The Hall–Kier alpha value is -2.46. The molecule has 2 aromatic carbocycles. The molecule has 3 rings (SSSR count). The van der Waals surface area contributed by atoms with Gasteiger partial charge < -0.3 is 4.74 Å². The Kier molecular flexibility index (Phi) is 7.89. The molecule has 0 bridgehead atoms. The van der Waals surface area contributed by atoms with Crippen molar-refractivity contribution < 1.29 is 26.7 Å². The highest BCUT2D eigenvalue weighted by molar-refractivity contribution is 5.34. The standard InChI is InChI=1S/C25H26F5NO/c1-2-3-16-4-7-18(8-5-16)20-13-22(27)24(23(28)14-20)25(29,30)32-11-10-17-6-9-19(15-31)21(26)12-17/h6,9,12-14,16,18H,2-5,7-8,10-11H2,1H3. The maximum atomic E-state index is 14.6. The van der Waals surface area contributed by atoms with Gasteiger partial charge in [0, 0.05) is 0 Å². The Labute approximate surface area is 185 Å². The van der Waals surface area contributed by atoms with Gasteiger partial charge in [0.05, 0.1) is 12.2 Å². The summed E-state index contributed by atoms with van der Waals surface area (Å²) in [6, 6.07) is 7.35. The molecule has 0 aliphatic heterocycles. The third kappa shape index (κ3) is 5.66. The number of ether oxygens (including phenoxy) is 1. The average molecular weight is 451 g/mol. The number of nitrogens with zero attached hydrogens (tertiary/aromatic N) is 1. The zero-order chi connectivity index (χ0) is 23.3. The van der Waals surface area contributed by atoms with E-state index in [2.05, 4.69) is 11.7 Å². The molecule has 0 amide bonds. The van der Waals surface area contributed by atoms with Crippen LogP contribution in [-0.2, 0) is 17.3 Å². The predicted octanol–water partition coefficient (Wildman–Crippen LogP) is 7.36. The highest BCUT2D eigenvalue weighted by Gasteiger charge is 2.40. The van der Waals surface area contributed by atoms with Gasteiger partial charge in [-0.15, -0.1) is 0 Å². The maximum absolute atomic E-state index is 14.6. The lowest BCUT2D eigenvalue weighted by Crippen LogP contribution is -2.24. The molecule has 2 aromatic rings. The quantitative estimate of drug-likeness (QED) is 0.393. The van der Waals surface area contributed by atoms with Crippen LogP contribution in [0, 0.1) is 34.7 Å². The molecule has 1 aliphatic carbocycles. The molecule has 7 heteroatoms. The van der Waals surface area contributed by atoms with Crippen LogP contribution < -0.4 is 0 Å². The topological polar surface area (TPSA) is 33.0 Å². The molecule has 1 fully saturated rings. The number of nitriles is 1. The highest BCUT2D eigenvalue weighted by atomic mass is 19.3. The molecule has 1 aliphatic rings. The largest absolute Gasteiger partial charge is 0.389 e. The third-order valence-electron chi connectivity index (χ3n) is 6.20. The van der Waals surface area contributed by atoms with Gasteiger partial charge in [0.2, 0.25) is 0 Å². The van der Waals surface area contributed by atoms with Crippen LogP contribution in [0.4, 0.5) is 22.0 Å². The monoisotopic (exact) mass is 451 g/mol. The van der Waals surface area contributed by atoms with Crippen molar-refractivity contribution in [1.29, 1.82) is 5.26 Å². The summed E-state index contributed by atoms with van der Waals surface area (Å²) in [7, 11) is 0. The molecule has 2 nitrogen and oxygen atoms in total. The van der Waals surface area contributed by atoms with Crippen molar-refractivity contribution in [2.24, 2.45) is 5.92 Å². The summed E-state index contributed by atoms with van der Waals surface area (Å²) in [6.45, 7) is 1.54. The summed E-state index contributed by atoms with van der Waals surface area (Å²) in [4.78, 5) is 0. The van der Waals surface area contributed by atoms with Gasteiger partial charge in [-0.3, -0.25) is 0 Å². The molecule has 1 saturated carbocycles.